The first-order valence-electron chi connectivity index (χ1n) is 4.30. The van der Waals surface area contributed by atoms with Gasteiger partial charge in [-0.3, -0.25) is 4.79 Å². The van der Waals surface area contributed by atoms with Gasteiger partial charge in [0.1, 0.15) is 5.38 Å². The average Bonchev–Trinajstić information content (AvgIpc) is 2.39. The van der Waals surface area contributed by atoms with Crippen LogP contribution >= 0.6 is 11.6 Å². The van der Waals surface area contributed by atoms with Crippen LogP contribution in [0.15, 0.2) is 0 Å². The van der Waals surface area contributed by atoms with E-state index < -0.39 is 42.8 Å². The fourth-order valence-electron chi connectivity index (χ4n) is 1.55. The topological polar surface area (TPSA) is 40.5 Å². The minimum Gasteiger partial charge on any atom is -0.394 e. The first-order valence-corrected chi connectivity index (χ1v) is 4.74. The lowest BCUT2D eigenvalue weighted by molar-refractivity contribution is -0.133. The molecular formula is C8H12ClF2NO2. The molecule has 0 radical (unpaired) electrons. The molecule has 1 aliphatic rings. The Morgan fingerprint density at radius 2 is 2.36 bits per heavy atom. The second-order valence-corrected chi connectivity index (χ2v) is 4.13. The summed E-state index contributed by atoms with van der Waals surface area (Å²) in [6.07, 6.45) is -0.487. The minimum absolute atomic E-state index is 0.453. The zero-order chi connectivity index (χ0) is 10.9. The van der Waals surface area contributed by atoms with Crippen molar-refractivity contribution >= 4 is 17.5 Å². The number of amides is 1. The van der Waals surface area contributed by atoms with Gasteiger partial charge in [-0.25, -0.2) is 8.78 Å². The van der Waals surface area contributed by atoms with Crippen LogP contribution in [0.1, 0.15) is 13.3 Å². The third kappa shape index (κ3) is 2.33. The van der Waals surface area contributed by atoms with Gasteiger partial charge < -0.3 is 10.0 Å². The van der Waals surface area contributed by atoms with Crippen molar-refractivity contribution in [3.05, 3.63) is 0 Å². The molecule has 14 heavy (non-hydrogen) atoms. The number of carbonyl (C=O) groups excluding carboxylic acids is 1. The molecule has 0 aromatic carbocycles. The third-order valence-corrected chi connectivity index (χ3v) is 2.40. The number of hydrogen-bond donors (Lipinski definition) is 1. The van der Waals surface area contributed by atoms with E-state index in [1.165, 1.54) is 6.92 Å². The van der Waals surface area contributed by atoms with Gasteiger partial charge in [-0.05, 0) is 6.92 Å². The van der Waals surface area contributed by atoms with Gasteiger partial charge in [-0.1, -0.05) is 0 Å². The molecule has 1 amide bonds. The summed E-state index contributed by atoms with van der Waals surface area (Å²) < 4.78 is 25.8. The molecule has 82 valence electrons. The smallest absolute Gasteiger partial charge is 0.267 e. The summed E-state index contributed by atoms with van der Waals surface area (Å²) in [4.78, 5) is 12.3. The Morgan fingerprint density at radius 3 is 2.79 bits per heavy atom. The van der Waals surface area contributed by atoms with Crippen molar-refractivity contribution < 1.29 is 18.7 Å². The lowest BCUT2D eigenvalue weighted by atomic mass is 10.2. The van der Waals surface area contributed by atoms with Gasteiger partial charge in [0.2, 0.25) is 5.91 Å². The van der Waals surface area contributed by atoms with E-state index >= 15 is 0 Å². The van der Waals surface area contributed by atoms with E-state index in [2.05, 4.69) is 0 Å². The SMILES string of the molecule is C[C@H](Cl)C(=O)N1CC(F)(F)C[C@@H]1CO. The van der Waals surface area contributed by atoms with Gasteiger partial charge in [-0.2, -0.15) is 0 Å². The summed E-state index contributed by atoms with van der Waals surface area (Å²) >= 11 is 5.51. The number of aliphatic hydroxyl groups excluding tert-OH is 1. The molecule has 0 aromatic rings. The maximum Gasteiger partial charge on any atom is 0.267 e. The predicted octanol–water partition coefficient (Wildman–Crippen LogP) is 0.842. The molecule has 3 nitrogen and oxygen atoms in total. The molecule has 0 aliphatic carbocycles. The third-order valence-electron chi connectivity index (χ3n) is 2.21. The van der Waals surface area contributed by atoms with Crippen LogP contribution in [-0.4, -0.2) is 46.4 Å². The largest absolute Gasteiger partial charge is 0.394 e. The molecule has 1 aliphatic heterocycles. The van der Waals surface area contributed by atoms with Gasteiger partial charge in [0.05, 0.1) is 19.2 Å². The zero-order valence-corrected chi connectivity index (χ0v) is 8.47. The number of alkyl halides is 3. The number of rotatable bonds is 2. The number of hydrogen-bond acceptors (Lipinski definition) is 2. The molecule has 1 heterocycles. The van der Waals surface area contributed by atoms with E-state index in [9.17, 15) is 13.6 Å². The highest BCUT2D eigenvalue weighted by atomic mass is 35.5. The Bertz CT molecular complexity index is 235. The second-order valence-electron chi connectivity index (χ2n) is 3.48. The van der Waals surface area contributed by atoms with Crippen molar-refractivity contribution in [1.82, 2.24) is 4.90 Å². The average molecular weight is 228 g/mol. The quantitative estimate of drug-likeness (QED) is 0.711. The summed E-state index contributed by atoms with van der Waals surface area (Å²) in [7, 11) is 0. The maximum atomic E-state index is 12.9. The fraction of sp³-hybridized carbons (Fsp3) is 0.875. The van der Waals surface area contributed by atoms with Crippen LogP contribution in [0.2, 0.25) is 0 Å². The van der Waals surface area contributed by atoms with E-state index in [-0.39, 0.29) is 0 Å². The minimum atomic E-state index is -2.91. The van der Waals surface area contributed by atoms with Crippen LogP contribution in [-0.2, 0) is 4.79 Å². The van der Waals surface area contributed by atoms with Crippen molar-refractivity contribution in [2.24, 2.45) is 0 Å². The van der Waals surface area contributed by atoms with Crippen LogP contribution in [0.25, 0.3) is 0 Å². The Hall–Kier alpha value is -0.420. The van der Waals surface area contributed by atoms with Crippen molar-refractivity contribution in [2.45, 2.75) is 30.7 Å². The van der Waals surface area contributed by atoms with Crippen LogP contribution in [0.4, 0.5) is 8.78 Å². The van der Waals surface area contributed by atoms with Crippen molar-refractivity contribution in [1.29, 1.82) is 0 Å². The second kappa shape index (κ2) is 3.98. The van der Waals surface area contributed by atoms with Crippen LogP contribution in [0.3, 0.4) is 0 Å². The highest BCUT2D eigenvalue weighted by Crippen LogP contribution is 2.32. The molecule has 1 rings (SSSR count). The molecule has 1 saturated heterocycles. The number of halogens is 3. The van der Waals surface area contributed by atoms with E-state index in [1.54, 1.807) is 0 Å². The normalized spacial score (nSPS) is 27.8. The molecule has 1 fully saturated rings. The Labute approximate surface area is 85.6 Å². The summed E-state index contributed by atoms with van der Waals surface area (Å²) in [6, 6.07) is -0.807. The standard InChI is InChI=1S/C8H12ClF2NO2/c1-5(9)7(14)12-4-8(10,11)2-6(12)3-13/h5-6,13H,2-4H2,1H3/t5-,6+/m0/s1. The lowest BCUT2D eigenvalue weighted by Gasteiger charge is -2.23. The Kier molecular flexibility index (Phi) is 3.32. The summed E-state index contributed by atoms with van der Waals surface area (Å²) in [5.41, 5.74) is 0. The molecule has 6 heteroatoms. The molecule has 0 saturated carbocycles. The van der Waals surface area contributed by atoms with Crippen LogP contribution in [0, 0.1) is 0 Å². The first kappa shape index (κ1) is 11.7. The summed E-state index contributed by atoms with van der Waals surface area (Å²) in [6.45, 7) is 0.327. The van der Waals surface area contributed by atoms with Gasteiger partial charge in [0, 0.05) is 6.42 Å². The van der Waals surface area contributed by atoms with Gasteiger partial charge >= 0.3 is 0 Å². The van der Waals surface area contributed by atoms with E-state index in [1.807, 2.05) is 0 Å². The molecule has 0 bridgehead atoms. The Morgan fingerprint density at radius 1 is 1.79 bits per heavy atom. The lowest BCUT2D eigenvalue weighted by Crippen LogP contribution is -2.41. The van der Waals surface area contributed by atoms with E-state index in [4.69, 9.17) is 16.7 Å². The Balaban J connectivity index is 2.73. The van der Waals surface area contributed by atoms with Crippen molar-refractivity contribution in [2.75, 3.05) is 13.2 Å². The van der Waals surface area contributed by atoms with Gasteiger partial charge in [0.15, 0.2) is 0 Å². The highest BCUT2D eigenvalue weighted by molar-refractivity contribution is 6.30. The number of carbonyl (C=O) groups is 1. The predicted molar refractivity (Wildman–Crippen MR) is 47.5 cm³/mol. The van der Waals surface area contributed by atoms with E-state index in [0.717, 1.165) is 4.90 Å². The first-order chi connectivity index (χ1) is 6.37. The van der Waals surface area contributed by atoms with Crippen molar-refractivity contribution in [3.63, 3.8) is 0 Å². The highest BCUT2D eigenvalue weighted by Gasteiger charge is 2.47. The monoisotopic (exact) mass is 227 g/mol. The van der Waals surface area contributed by atoms with Crippen LogP contribution in [0.5, 0.6) is 0 Å². The molecule has 0 spiro atoms. The number of aliphatic hydroxyl groups is 1. The molecule has 1 N–H and O–H groups in total. The fourth-order valence-corrected chi connectivity index (χ4v) is 1.67. The molecule has 0 aromatic heterocycles. The summed E-state index contributed by atoms with van der Waals surface area (Å²) in [5.74, 6) is -3.46. The van der Waals surface area contributed by atoms with E-state index in [0.29, 0.717) is 0 Å². The number of nitrogens with zero attached hydrogens (tertiary/aromatic N) is 1. The summed E-state index contributed by atoms with van der Waals surface area (Å²) in [5, 5.41) is 7.99. The maximum absolute atomic E-state index is 12.9. The molecule has 0 unspecified atom stereocenters. The zero-order valence-electron chi connectivity index (χ0n) is 7.71. The van der Waals surface area contributed by atoms with Crippen molar-refractivity contribution in [3.8, 4) is 0 Å². The molecule has 2 atom stereocenters. The number of likely N-dealkylation sites (tertiary alicyclic amines) is 1. The van der Waals surface area contributed by atoms with Gasteiger partial charge in [-0.15, -0.1) is 11.6 Å². The van der Waals surface area contributed by atoms with Gasteiger partial charge in [0.25, 0.3) is 5.92 Å². The molecular weight excluding hydrogens is 216 g/mol. The van der Waals surface area contributed by atoms with Crippen LogP contribution < -0.4 is 0 Å².